The minimum Gasteiger partial charge on any atom is -0.0981 e. The second-order valence-corrected chi connectivity index (χ2v) is 5.40. The van der Waals surface area contributed by atoms with Gasteiger partial charge in [-0.2, -0.15) is 0 Å². The minimum atomic E-state index is 0.0955. The Morgan fingerprint density at radius 3 is 1.85 bits per heavy atom. The first-order valence-electron chi connectivity index (χ1n) is 4.99. The third-order valence-electron chi connectivity index (χ3n) is 5.37. The Hall–Kier alpha value is -0.780. The van der Waals surface area contributed by atoms with E-state index in [-0.39, 0.29) is 5.41 Å². The zero-order valence-electron chi connectivity index (χ0n) is 8.65. The summed E-state index contributed by atoms with van der Waals surface area (Å²) in [6.45, 7) is 15.5. The first kappa shape index (κ1) is 7.61. The predicted molar refractivity (Wildman–Crippen MR) is 55.2 cm³/mol. The van der Waals surface area contributed by atoms with Crippen molar-refractivity contribution >= 4 is 0 Å². The Morgan fingerprint density at radius 1 is 1.08 bits per heavy atom. The molecular formula is C13H16. The molecule has 2 unspecified atom stereocenters. The van der Waals surface area contributed by atoms with Crippen LogP contribution in [0.15, 0.2) is 36.5 Å². The molecule has 0 aliphatic heterocycles. The van der Waals surface area contributed by atoms with Crippen molar-refractivity contribution in [1.29, 1.82) is 0 Å². The predicted octanol–water partition coefficient (Wildman–Crippen LogP) is 3.33. The largest absolute Gasteiger partial charge is 0.0981 e. The fourth-order valence-electron chi connectivity index (χ4n) is 3.98. The van der Waals surface area contributed by atoms with Crippen LogP contribution in [-0.4, -0.2) is 0 Å². The number of allylic oxidation sites excluding steroid dienone is 4. The van der Waals surface area contributed by atoms with Gasteiger partial charge in [-0.15, -0.1) is 0 Å². The highest BCUT2D eigenvalue weighted by Crippen LogP contribution is 2.87. The fourth-order valence-corrected chi connectivity index (χ4v) is 3.98. The smallest absolute Gasteiger partial charge is 0.0279 e. The van der Waals surface area contributed by atoms with E-state index in [1.165, 1.54) is 11.1 Å². The molecule has 0 aromatic carbocycles. The molecule has 0 radical (unpaired) electrons. The van der Waals surface area contributed by atoms with Crippen LogP contribution < -0.4 is 0 Å². The van der Waals surface area contributed by atoms with Gasteiger partial charge >= 0.3 is 0 Å². The molecule has 13 heavy (non-hydrogen) atoms. The van der Waals surface area contributed by atoms with Gasteiger partial charge in [0.2, 0.25) is 0 Å². The van der Waals surface area contributed by atoms with Gasteiger partial charge in [0.15, 0.2) is 0 Å². The Morgan fingerprint density at radius 2 is 1.54 bits per heavy atom. The van der Waals surface area contributed by atoms with Gasteiger partial charge in [-0.3, -0.25) is 0 Å². The summed E-state index contributed by atoms with van der Waals surface area (Å²) in [7, 11) is 0. The van der Waals surface area contributed by atoms with E-state index in [0.717, 1.165) is 0 Å². The third-order valence-corrected chi connectivity index (χ3v) is 5.37. The maximum Gasteiger partial charge on any atom is 0.0279 e. The van der Waals surface area contributed by atoms with Crippen LogP contribution in [0.5, 0.6) is 0 Å². The number of hydrogen-bond acceptors (Lipinski definition) is 0. The van der Waals surface area contributed by atoms with Crippen molar-refractivity contribution in [2.24, 2.45) is 22.2 Å². The average Bonchev–Trinajstić information content (AvgIpc) is 2.56. The van der Waals surface area contributed by atoms with Crippen LogP contribution in [0.4, 0.5) is 0 Å². The summed E-state index contributed by atoms with van der Waals surface area (Å²) in [6, 6.07) is 0. The normalized spacial score (nSPS) is 61.6. The average molecular weight is 172 g/mol. The van der Waals surface area contributed by atoms with Crippen LogP contribution in [0, 0.1) is 22.2 Å². The van der Waals surface area contributed by atoms with Gasteiger partial charge in [0.1, 0.15) is 0 Å². The zero-order chi connectivity index (χ0) is 9.65. The van der Waals surface area contributed by atoms with Crippen LogP contribution in [0.1, 0.15) is 20.8 Å². The van der Waals surface area contributed by atoms with E-state index in [9.17, 15) is 0 Å². The Labute approximate surface area is 80.0 Å². The molecule has 2 fully saturated rings. The van der Waals surface area contributed by atoms with Crippen molar-refractivity contribution in [1.82, 2.24) is 0 Å². The summed E-state index contributed by atoms with van der Waals surface area (Å²) >= 11 is 0. The van der Waals surface area contributed by atoms with E-state index in [1.807, 2.05) is 0 Å². The van der Waals surface area contributed by atoms with E-state index in [0.29, 0.717) is 16.7 Å². The molecule has 4 rings (SSSR count). The van der Waals surface area contributed by atoms with Gasteiger partial charge in [0, 0.05) is 16.2 Å². The third kappa shape index (κ3) is 0.410. The molecule has 4 aliphatic rings. The zero-order valence-corrected chi connectivity index (χ0v) is 8.65. The number of rotatable bonds is 0. The molecule has 0 heterocycles. The lowest BCUT2D eigenvalue weighted by atomic mass is 9.69. The van der Waals surface area contributed by atoms with Crippen molar-refractivity contribution in [3.05, 3.63) is 36.5 Å². The molecule has 0 N–H and O–H groups in total. The van der Waals surface area contributed by atoms with E-state index < -0.39 is 0 Å². The number of hydrogen-bond donors (Lipinski definition) is 0. The van der Waals surface area contributed by atoms with E-state index in [4.69, 9.17) is 0 Å². The van der Waals surface area contributed by atoms with Crippen LogP contribution in [-0.2, 0) is 0 Å². The standard InChI is InChI=1S/C13H16/c1-8-11(3)7-6-10-12(8,4)13(10,5)9(11)2/h6-7,10H,1-2H2,3-5H3. The topological polar surface area (TPSA) is 0 Å². The lowest BCUT2D eigenvalue weighted by Gasteiger charge is -2.35. The van der Waals surface area contributed by atoms with E-state index >= 15 is 0 Å². The summed E-state index contributed by atoms with van der Waals surface area (Å²) < 4.78 is 0. The van der Waals surface area contributed by atoms with Crippen molar-refractivity contribution < 1.29 is 0 Å². The molecule has 0 aromatic heterocycles. The van der Waals surface area contributed by atoms with E-state index in [2.05, 4.69) is 46.1 Å². The molecule has 0 saturated heterocycles. The van der Waals surface area contributed by atoms with Crippen molar-refractivity contribution in [2.75, 3.05) is 0 Å². The SMILES string of the molecule is C=C1C2(C)C=CC3C1(C)C3(C)C2=C. The highest BCUT2D eigenvalue weighted by molar-refractivity contribution is 5.63. The van der Waals surface area contributed by atoms with Gasteiger partial charge in [0.25, 0.3) is 0 Å². The van der Waals surface area contributed by atoms with Crippen LogP contribution in [0.25, 0.3) is 0 Å². The highest BCUT2D eigenvalue weighted by atomic mass is 14.8. The molecule has 0 aromatic rings. The van der Waals surface area contributed by atoms with Gasteiger partial charge < -0.3 is 0 Å². The van der Waals surface area contributed by atoms with Gasteiger partial charge in [0.05, 0.1) is 0 Å². The Bertz CT molecular complexity index is 357. The van der Waals surface area contributed by atoms with Crippen LogP contribution in [0.3, 0.4) is 0 Å². The quantitative estimate of drug-likeness (QED) is 0.492. The molecule has 0 spiro atoms. The van der Waals surface area contributed by atoms with Gasteiger partial charge in [-0.25, -0.2) is 0 Å². The summed E-state index contributed by atoms with van der Waals surface area (Å²) in [4.78, 5) is 0. The lowest BCUT2D eigenvalue weighted by Crippen LogP contribution is -2.24. The maximum atomic E-state index is 4.29. The van der Waals surface area contributed by atoms with Crippen molar-refractivity contribution in [2.45, 2.75) is 20.8 Å². The minimum absolute atomic E-state index is 0.0955. The monoisotopic (exact) mass is 172 g/mol. The molecule has 2 saturated carbocycles. The Balaban J connectivity index is 2.37. The van der Waals surface area contributed by atoms with Crippen molar-refractivity contribution in [3.63, 3.8) is 0 Å². The van der Waals surface area contributed by atoms with Gasteiger partial charge in [-0.05, 0) is 12.8 Å². The first-order valence-corrected chi connectivity index (χ1v) is 4.99. The summed E-state index contributed by atoms with van der Waals surface area (Å²) in [5.41, 5.74) is 3.53. The molecule has 0 heteroatoms. The molecular weight excluding hydrogens is 156 g/mol. The second-order valence-electron chi connectivity index (χ2n) is 5.40. The molecule has 68 valence electrons. The van der Waals surface area contributed by atoms with Crippen LogP contribution in [0.2, 0.25) is 0 Å². The molecule has 0 nitrogen and oxygen atoms in total. The molecule has 4 bridgehead atoms. The second kappa shape index (κ2) is 1.47. The van der Waals surface area contributed by atoms with Crippen LogP contribution >= 0.6 is 0 Å². The van der Waals surface area contributed by atoms with Gasteiger partial charge in [-0.1, -0.05) is 50.3 Å². The molecule has 0 amide bonds. The van der Waals surface area contributed by atoms with Crippen molar-refractivity contribution in [3.8, 4) is 0 Å². The molecule has 4 aliphatic carbocycles. The lowest BCUT2D eigenvalue weighted by molar-refractivity contribution is 0.494. The maximum absolute atomic E-state index is 4.29. The fraction of sp³-hybridized carbons (Fsp3) is 0.538. The summed E-state index contributed by atoms with van der Waals surface area (Å²) in [5, 5.41) is 0. The summed E-state index contributed by atoms with van der Waals surface area (Å²) in [5.74, 6) is 0.682. The molecule has 2 atom stereocenters. The van der Waals surface area contributed by atoms with E-state index in [1.54, 1.807) is 0 Å². The highest BCUT2D eigenvalue weighted by Gasteiger charge is 2.81. The summed E-state index contributed by atoms with van der Waals surface area (Å²) in [6.07, 6.45) is 4.68. The first-order chi connectivity index (χ1) is 5.90. The Kier molecular flexibility index (Phi) is 0.861.